The van der Waals surface area contributed by atoms with Crippen LogP contribution in [0.4, 0.5) is 4.79 Å². The summed E-state index contributed by atoms with van der Waals surface area (Å²) in [5.41, 5.74) is 2.31. The van der Waals surface area contributed by atoms with Crippen molar-refractivity contribution >= 4 is 11.9 Å². The molecule has 2 rings (SSSR count). The molecular formula is C32H48N2O3. The lowest BCUT2D eigenvalue weighted by Gasteiger charge is -2.08. The van der Waals surface area contributed by atoms with Gasteiger partial charge in [0.25, 0.3) is 5.91 Å². The fourth-order valence-electron chi connectivity index (χ4n) is 4.56. The van der Waals surface area contributed by atoms with E-state index >= 15 is 0 Å². The Kier molecular flexibility index (Phi) is 15.9. The standard InChI is InChI=1S/C32H48N2O3/c1-2-3-4-5-6-7-8-9-10-11-12-13-14-15-16-17-26-33-32(37)34-31(36)29-20-18-27(19-21-29)28-22-24-30(35)25-23-28/h18-25,35H,2-17,26H2,1H3,(H2,33,34,36,37). The molecular weight excluding hydrogens is 460 g/mol. The molecule has 0 saturated carbocycles. The highest BCUT2D eigenvalue weighted by Gasteiger charge is 2.10. The maximum absolute atomic E-state index is 12.3. The fraction of sp³-hybridized carbons (Fsp3) is 0.562. The molecule has 0 unspecified atom stereocenters. The molecule has 2 aromatic carbocycles. The van der Waals surface area contributed by atoms with Crippen molar-refractivity contribution in [2.45, 2.75) is 110 Å². The minimum atomic E-state index is -0.450. The minimum absolute atomic E-state index is 0.213. The first-order valence-corrected chi connectivity index (χ1v) is 14.6. The molecule has 5 heteroatoms. The molecule has 0 spiro atoms. The number of phenolic OH excluding ortho intramolecular Hbond substituents is 1. The van der Waals surface area contributed by atoms with Crippen molar-refractivity contribution in [1.29, 1.82) is 0 Å². The summed E-state index contributed by atoms with van der Waals surface area (Å²) in [6, 6.07) is 13.5. The van der Waals surface area contributed by atoms with E-state index in [0.717, 1.165) is 24.0 Å². The molecule has 0 aliphatic rings. The average Bonchev–Trinajstić information content (AvgIpc) is 2.91. The highest BCUT2D eigenvalue weighted by atomic mass is 16.3. The number of unbranched alkanes of at least 4 members (excludes halogenated alkanes) is 15. The van der Waals surface area contributed by atoms with Crippen molar-refractivity contribution < 1.29 is 14.7 Å². The number of aromatic hydroxyl groups is 1. The van der Waals surface area contributed by atoms with E-state index in [1.54, 1.807) is 24.3 Å². The van der Waals surface area contributed by atoms with E-state index < -0.39 is 11.9 Å². The topological polar surface area (TPSA) is 78.4 Å². The molecule has 2 aromatic rings. The third kappa shape index (κ3) is 13.9. The SMILES string of the molecule is CCCCCCCCCCCCCCCCCCNC(=O)NC(=O)c1ccc(-c2ccc(O)cc2)cc1. The van der Waals surface area contributed by atoms with E-state index in [1.165, 1.54) is 89.9 Å². The average molecular weight is 509 g/mol. The normalized spacial score (nSPS) is 10.8. The number of benzene rings is 2. The largest absolute Gasteiger partial charge is 0.508 e. The Hall–Kier alpha value is -2.82. The van der Waals surface area contributed by atoms with Gasteiger partial charge in [0.2, 0.25) is 0 Å². The Labute approximate surface area is 224 Å². The van der Waals surface area contributed by atoms with Gasteiger partial charge >= 0.3 is 6.03 Å². The zero-order valence-electron chi connectivity index (χ0n) is 22.9. The number of hydrogen-bond acceptors (Lipinski definition) is 3. The van der Waals surface area contributed by atoms with Gasteiger partial charge in [0.1, 0.15) is 5.75 Å². The Morgan fingerprint density at radius 2 is 1.00 bits per heavy atom. The lowest BCUT2D eigenvalue weighted by Crippen LogP contribution is -2.39. The van der Waals surface area contributed by atoms with Crippen molar-refractivity contribution in [3.63, 3.8) is 0 Å². The van der Waals surface area contributed by atoms with Crippen LogP contribution in [0.3, 0.4) is 0 Å². The molecule has 204 valence electrons. The Morgan fingerprint density at radius 1 is 0.595 bits per heavy atom. The first-order chi connectivity index (χ1) is 18.1. The van der Waals surface area contributed by atoms with Crippen LogP contribution in [-0.4, -0.2) is 23.6 Å². The minimum Gasteiger partial charge on any atom is -0.508 e. The third-order valence-corrected chi connectivity index (χ3v) is 6.89. The summed E-state index contributed by atoms with van der Waals surface area (Å²) in [7, 11) is 0. The van der Waals surface area contributed by atoms with Crippen LogP contribution >= 0.6 is 0 Å². The summed E-state index contributed by atoms with van der Waals surface area (Å²) in [5.74, 6) is -0.202. The predicted octanol–water partition coefficient (Wildman–Crippen LogP) is 8.76. The van der Waals surface area contributed by atoms with Gasteiger partial charge in [-0.3, -0.25) is 10.1 Å². The first kappa shape index (κ1) is 30.4. The van der Waals surface area contributed by atoms with Gasteiger partial charge in [0.15, 0.2) is 0 Å². The summed E-state index contributed by atoms with van der Waals surface area (Å²) < 4.78 is 0. The third-order valence-electron chi connectivity index (χ3n) is 6.89. The maximum Gasteiger partial charge on any atom is 0.321 e. The molecule has 3 amide bonds. The van der Waals surface area contributed by atoms with Crippen LogP contribution in [0, 0.1) is 0 Å². The van der Waals surface area contributed by atoms with Crippen LogP contribution in [0.15, 0.2) is 48.5 Å². The van der Waals surface area contributed by atoms with Crippen molar-refractivity contribution in [2.75, 3.05) is 6.54 Å². The van der Waals surface area contributed by atoms with E-state index in [-0.39, 0.29) is 5.75 Å². The quantitative estimate of drug-likeness (QED) is 0.166. The van der Waals surface area contributed by atoms with Gasteiger partial charge in [-0.25, -0.2) is 4.79 Å². The second-order valence-electron chi connectivity index (χ2n) is 10.1. The van der Waals surface area contributed by atoms with E-state index in [9.17, 15) is 14.7 Å². The molecule has 0 bridgehead atoms. The van der Waals surface area contributed by atoms with Crippen LogP contribution in [0.5, 0.6) is 5.75 Å². The van der Waals surface area contributed by atoms with Crippen LogP contribution in [0.1, 0.15) is 120 Å². The van der Waals surface area contributed by atoms with Crippen LogP contribution < -0.4 is 10.6 Å². The number of urea groups is 1. The molecule has 0 aromatic heterocycles. The van der Waals surface area contributed by atoms with E-state index in [0.29, 0.717) is 12.1 Å². The molecule has 0 saturated heterocycles. The number of rotatable bonds is 19. The van der Waals surface area contributed by atoms with E-state index in [2.05, 4.69) is 17.6 Å². The van der Waals surface area contributed by atoms with Gasteiger partial charge in [-0.1, -0.05) is 128 Å². The smallest absolute Gasteiger partial charge is 0.321 e. The van der Waals surface area contributed by atoms with Crippen LogP contribution in [0.2, 0.25) is 0 Å². The highest BCUT2D eigenvalue weighted by molar-refractivity contribution is 6.04. The molecule has 0 fully saturated rings. The van der Waals surface area contributed by atoms with Gasteiger partial charge in [0.05, 0.1) is 0 Å². The Morgan fingerprint density at radius 3 is 1.46 bits per heavy atom. The van der Waals surface area contributed by atoms with Crippen molar-refractivity contribution in [3.8, 4) is 16.9 Å². The monoisotopic (exact) mass is 508 g/mol. The molecule has 0 aliphatic heterocycles. The summed E-state index contributed by atoms with van der Waals surface area (Å²) in [4.78, 5) is 24.4. The molecule has 0 atom stereocenters. The van der Waals surface area contributed by atoms with E-state index in [1.807, 2.05) is 24.3 Å². The Balaban J connectivity index is 1.42. The zero-order chi connectivity index (χ0) is 26.6. The lowest BCUT2D eigenvalue weighted by molar-refractivity contribution is 0.0964. The molecule has 37 heavy (non-hydrogen) atoms. The molecule has 3 N–H and O–H groups in total. The number of carbonyl (C=O) groups excluding carboxylic acids is 2. The first-order valence-electron chi connectivity index (χ1n) is 14.6. The summed E-state index contributed by atoms with van der Waals surface area (Å²) in [6.45, 7) is 2.85. The van der Waals surface area contributed by atoms with Crippen molar-refractivity contribution in [1.82, 2.24) is 10.6 Å². The van der Waals surface area contributed by atoms with Crippen molar-refractivity contribution in [3.05, 3.63) is 54.1 Å². The van der Waals surface area contributed by atoms with Crippen LogP contribution in [0.25, 0.3) is 11.1 Å². The Bertz CT molecular complexity index is 878. The van der Waals surface area contributed by atoms with E-state index in [4.69, 9.17) is 0 Å². The van der Waals surface area contributed by atoms with Gasteiger partial charge in [-0.15, -0.1) is 0 Å². The highest BCUT2D eigenvalue weighted by Crippen LogP contribution is 2.22. The number of hydrogen-bond donors (Lipinski definition) is 3. The second kappa shape index (κ2) is 19.3. The van der Waals surface area contributed by atoms with Crippen LogP contribution in [-0.2, 0) is 0 Å². The molecule has 0 radical (unpaired) electrons. The number of imide groups is 1. The number of carbonyl (C=O) groups is 2. The van der Waals surface area contributed by atoms with Gasteiger partial charge in [-0.2, -0.15) is 0 Å². The van der Waals surface area contributed by atoms with Crippen molar-refractivity contribution in [2.24, 2.45) is 0 Å². The predicted molar refractivity (Wildman–Crippen MR) is 154 cm³/mol. The molecule has 5 nitrogen and oxygen atoms in total. The number of phenols is 1. The zero-order valence-corrected chi connectivity index (χ0v) is 22.9. The summed E-state index contributed by atoms with van der Waals surface area (Å²) in [6.07, 6.45) is 21.1. The van der Waals surface area contributed by atoms with Gasteiger partial charge in [0, 0.05) is 12.1 Å². The lowest BCUT2D eigenvalue weighted by atomic mass is 10.0. The maximum atomic E-state index is 12.3. The van der Waals surface area contributed by atoms with Gasteiger partial charge < -0.3 is 10.4 Å². The second-order valence-corrected chi connectivity index (χ2v) is 10.1. The fourth-order valence-corrected chi connectivity index (χ4v) is 4.56. The number of amides is 3. The summed E-state index contributed by atoms with van der Waals surface area (Å²) >= 11 is 0. The number of nitrogens with one attached hydrogen (secondary N) is 2. The molecule has 0 heterocycles. The summed E-state index contributed by atoms with van der Waals surface area (Å²) in [5, 5.41) is 14.6. The van der Waals surface area contributed by atoms with Gasteiger partial charge in [-0.05, 0) is 41.8 Å². The molecule has 0 aliphatic carbocycles.